The number of aromatic nitrogens is 2. The minimum absolute atomic E-state index is 0.0137. The molecule has 0 amide bonds. The van der Waals surface area contributed by atoms with Crippen LogP contribution in [0.25, 0.3) is 11.4 Å². The molecule has 0 fully saturated rings. The van der Waals surface area contributed by atoms with E-state index in [-0.39, 0.29) is 11.5 Å². The summed E-state index contributed by atoms with van der Waals surface area (Å²) in [5.41, 5.74) is 0.850. The number of benzene rings is 1. The second-order valence-corrected chi connectivity index (χ2v) is 6.08. The van der Waals surface area contributed by atoms with Crippen molar-refractivity contribution in [3.05, 3.63) is 56.2 Å². The van der Waals surface area contributed by atoms with E-state index < -0.39 is 22.1 Å². The predicted molar refractivity (Wildman–Crippen MR) is 92.5 cm³/mol. The van der Waals surface area contributed by atoms with Gasteiger partial charge in [0.15, 0.2) is 0 Å². The van der Waals surface area contributed by atoms with Gasteiger partial charge in [-0.05, 0) is 17.2 Å². The smallest absolute Gasteiger partial charge is 0.383 e. The van der Waals surface area contributed by atoms with E-state index in [4.69, 9.17) is 11.6 Å². The summed E-state index contributed by atoms with van der Waals surface area (Å²) in [6, 6.07) is 6.72. The van der Waals surface area contributed by atoms with Gasteiger partial charge in [0.25, 0.3) is 10.9 Å². The number of alkyl halides is 3. The van der Waals surface area contributed by atoms with E-state index in [0.717, 1.165) is 5.56 Å². The first-order valence-corrected chi connectivity index (χ1v) is 7.82. The van der Waals surface area contributed by atoms with Crippen molar-refractivity contribution in [1.29, 1.82) is 0 Å². The van der Waals surface area contributed by atoms with Crippen molar-refractivity contribution in [3.63, 3.8) is 0 Å². The summed E-state index contributed by atoms with van der Waals surface area (Å²) in [7, 11) is 3.27. The van der Waals surface area contributed by atoms with Gasteiger partial charge in [-0.1, -0.05) is 29.4 Å². The van der Waals surface area contributed by atoms with Crippen LogP contribution in [-0.4, -0.2) is 24.2 Å². The number of halogens is 3. The predicted octanol–water partition coefficient (Wildman–Crippen LogP) is 2.30. The maximum atomic E-state index is 12.9. The van der Waals surface area contributed by atoms with Crippen LogP contribution < -0.4 is 21.1 Å². The summed E-state index contributed by atoms with van der Waals surface area (Å²) in [5, 5.41) is 2.46. The van der Waals surface area contributed by atoms with Gasteiger partial charge in [-0.25, -0.2) is 0 Å². The molecular weight excluding hydrogens is 370 g/mol. The Bertz CT molecular complexity index is 1000. The lowest BCUT2D eigenvalue weighted by Crippen LogP contribution is -2.40. The Morgan fingerprint density at radius 1 is 1.23 bits per heavy atom. The highest BCUT2D eigenvalue weighted by atomic mass is 35.5. The van der Waals surface area contributed by atoms with Crippen LogP contribution in [0, 0.1) is 0 Å². The largest absolute Gasteiger partial charge is 0.400 e. The van der Waals surface area contributed by atoms with Gasteiger partial charge in [-0.3, -0.25) is 9.59 Å². The summed E-state index contributed by atoms with van der Waals surface area (Å²) in [6.45, 7) is 0.372. The molecule has 1 N–H and O–H groups in total. The van der Waals surface area contributed by atoms with Crippen LogP contribution in [0.4, 0.5) is 20.2 Å². The number of hydrogen-bond acceptors (Lipinski definition) is 7. The lowest BCUT2D eigenvalue weighted by Gasteiger charge is -2.22. The molecule has 136 valence electrons. The average molecular weight is 383 g/mol. The second kappa shape index (κ2) is 6.49. The Labute approximate surface area is 150 Å². The van der Waals surface area contributed by atoms with Gasteiger partial charge < -0.3 is 14.7 Å². The van der Waals surface area contributed by atoms with Crippen LogP contribution >= 0.6 is 11.6 Å². The first-order valence-electron chi connectivity index (χ1n) is 7.44. The summed E-state index contributed by atoms with van der Waals surface area (Å²) in [6.07, 6.45) is 0. The molecule has 26 heavy (non-hydrogen) atoms. The minimum Gasteiger partial charge on any atom is -0.383 e. The number of anilines is 2. The SMILES string of the molecule is CNc1c(N(C)Cc2ccc(-c3noc(C(F)(F)Cl)n3)cc2)c(=O)c1=O. The molecule has 0 bridgehead atoms. The maximum absolute atomic E-state index is 12.9. The molecule has 1 aromatic heterocycles. The standard InChI is InChI=1S/C16H13ClF2N4O3/c1-20-10-11(13(25)12(10)24)23(2)7-8-3-5-9(6-4-8)14-21-15(26-22-14)16(17,18)19/h3-6,20H,7H2,1-2H3. The molecule has 0 aliphatic rings. The molecule has 3 rings (SSSR count). The summed E-state index contributed by atoms with van der Waals surface area (Å²) >= 11 is 4.84. The highest BCUT2D eigenvalue weighted by molar-refractivity contribution is 6.21. The monoisotopic (exact) mass is 382 g/mol. The normalized spacial score (nSPS) is 11.7. The minimum atomic E-state index is -3.72. The number of nitrogens with one attached hydrogen (secondary N) is 1. The van der Waals surface area contributed by atoms with Crippen molar-refractivity contribution in [1.82, 2.24) is 10.1 Å². The average Bonchev–Trinajstić information content (AvgIpc) is 3.09. The summed E-state index contributed by atoms with van der Waals surface area (Å²) in [5.74, 6) is -0.988. The van der Waals surface area contributed by atoms with Crippen molar-refractivity contribution < 1.29 is 13.3 Å². The van der Waals surface area contributed by atoms with E-state index >= 15 is 0 Å². The molecule has 7 nitrogen and oxygen atoms in total. The molecule has 10 heteroatoms. The van der Waals surface area contributed by atoms with Crippen molar-refractivity contribution in [2.75, 3.05) is 24.3 Å². The number of hydrogen-bond donors (Lipinski definition) is 1. The lowest BCUT2D eigenvalue weighted by molar-refractivity contribution is 0.0551. The van der Waals surface area contributed by atoms with Gasteiger partial charge in [-0.2, -0.15) is 13.8 Å². The molecule has 3 aromatic rings. The van der Waals surface area contributed by atoms with E-state index in [1.54, 1.807) is 43.3 Å². The first kappa shape index (κ1) is 18.0. The number of rotatable bonds is 6. The van der Waals surface area contributed by atoms with Gasteiger partial charge in [0.1, 0.15) is 11.4 Å². The van der Waals surface area contributed by atoms with Gasteiger partial charge in [0, 0.05) is 26.2 Å². The molecule has 0 spiro atoms. The first-order chi connectivity index (χ1) is 12.2. The van der Waals surface area contributed by atoms with Crippen molar-refractivity contribution in [2.45, 2.75) is 11.9 Å². The third-order valence-electron chi connectivity index (χ3n) is 3.82. The van der Waals surface area contributed by atoms with Gasteiger partial charge in [-0.15, -0.1) is 0 Å². The Kier molecular flexibility index (Phi) is 4.49. The Morgan fingerprint density at radius 2 is 1.88 bits per heavy atom. The number of nitrogens with zero attached hydrogens (tertiary/aromatic N) is 3. The van der Waals surface area contributed by atoms with Crippen molar-refractivity contribution in [3.8, 4) is 11.4 Å². The molecule has 0 radical (unpaired) electrons. The molecular formula is C16H13ClF2N4O3. The van der Waals surface area contributed by atoms with Crippen LogP contribution in [0.2, 0.25) is 0 Å². The molecule has 1 heterocycles. The van der Waals surface area contributed by atoms with Crippen LogP contribution in [0.1, 0.15) is 11.5 Å². The zero-order valence-corrected chi connectivity index (χ0v) is 14.5. The highest BCUT2D eigenvalue weighted by Crippen LogP contribution is 2.32. The molecule has 0 aliphatic carbocycles. The van der Waals surface area contributed by atoms with Crippen molar-refractivity contribution >= 4 is 23.0 Å². The molecule has 0 aliphatic heterocycles. The van der Waals surface area contributed by atoms with Crippen LogP contribution in [-0.2, 0) is 11.9 Å². The van der Waals surface area contributed by atoms with E-state index in [0.29, 0.717) is 17.8 Å². The zero-order valence-electron chi connectivity index (χ0n) is 13.7. The third kappa shape index (κ3) is 3.17. The van der Waals surface area contributed by atoms with E-state index in [9.17, 15) is 18.4 Å². The Morgan fingerprint density at radius 3 is 2.42 bits per heavy atom. The van der Waals surface area contributed by atoms with Crippen LogP contribution in [0.15, 0.2) is 38.4 Å². The molecule has 2 aromatic carbocycles. The maximum Gasteiger partial charge on any atom is 0.400 e. The van der Waals surface area contributed by atoms with Crippen LogP contribution in [0.3, 0.4) is 0 Å². The zero-order chi connectivity index (χ0) is 19.1. The molecule has 0 saturated heterocycles. The Hall–Kier alpha value is -2.81. The lowest BCUT2D eigenvalue weighted by atomic mass is 10.1. The fourth-order valence-corrected chi connectivity index (χ4v) is 2.62. The van der Waals surface area contributed by atoms with E-state index in [1.807, 2.05) is 0 Å². The fraction of sp³-hybridized carbons (Fsp3) is 0.250. The van der Waals surface area contributed by atoms with Crippen LogP contribution in [0.5, 0.6) is 0 Å². The Balaban J connectivity index is 1.76. The summed E-state index contributed by atoms with van der Waals surface area (Å²) < 4.78 is 30.3. The van der Waals surface area contributed by atoms with E-state index in [2.05, 4.69) is 20.0 Å². The molecule has 0 saturated carbocycles. The van der Waals surface area contributed by atoms with Gasteiger partial charge >= 0.3 is 11.3 Å². The topological polar surface area (TPSA) is 88.3 Å². The highest BCUT2D eigenvalue weighted by Gasteiger charge is 2.35. The molecule has 0 atom stereocenters. The van der Waals surface area contributed by atoms with E-state index in [1.165, 1.54) is 0 Å². The third-order valence-corrected chi connectivity index (χ3v) is 3.98. The fourth-order valence-electron chi connectivity index (χ4n) is 2.54. The molecule has 0 unspecified atom stereocenters. The van der Waals surface area contributed by atoms with Crippen molar-refractivity contribution in [2.24, 2.45) is 0 Å². The quantitative estimate of drug-likeness (QED) is 0.517. The van der Waals surface area contributed by atoms with Gasteiger partial charge in [0.2, 0.25) is 5.82 Å². The second-order valence-electron chi connectivity index (χ2n) is 5.61. The summed E-state index contributed by atoms with van der Waals surface area (Å²) in [4.78, 5) is 28.4. The van der Waals surface area contributed by atoms with Gasteiger partial charge in [0.05, 0.1) is 0 Å².